The van der Waals surface area contributed by atoms with Crippen LogP contribution in [0.5, 0.6) is 0 Å². The van der Waals surface area contributed by atoms with E-state index in [2.05, 4.69) is 10.2 Å². The van der Waals surface area contributed by atoms with Crippen molar-refractivity contribution < 1.29 is 13.2 Å². The average molecular weight is 261 g/mol. The van der Waals surface area contributed by atoms with E-state index >= 15 is 0 Å². The molecular formula is C9H10F3N5O. The molecule has 9 heteroatoms. The predicted molar refractivity (Wildman–Crippen MR) is 54.8 cm³/mol. The van der Waals surface area contributed by atoms with Crippen LogP contribution in [0.25, 0.3) is 0 Å². The minimum absolute atomic E-state index is 0.0919. The molecule has 98 valence electrons. The minimum atomic E-state index is -4.51. The van der Waals surface area contributed by atoms with Gasteiger partial charge >= 0.3 is 11.9 Å². The number of rotatable bonds is 2. The molecule has 0 aliphatic carbocycles. The second-order valence-corrected chi connectivity index (χ2v) is 3.82. The highest BCUT2D eigenvalue weighted by atomic mass is 19.4. The lowest BCUT2D eigenvalue weighted by Gasteiger charge is -2.09. The van der Waals surface area contributed by atoms with Gasteiger partial charge in [0, 0.05) is 19.7 Å². The van der Waals surface area contributed by atoms with Crippen LogP contribution in [-0.2, 0) is 26.8 Å². The maximum atomic E-state index is 12.8. The SMILES string of the molecule is Cn1ncc(Cn2ncn(C)c2=O)c1C(F)(F)F. The van der Waals surface area contributed by atoms with Gasteiger partial charge in [-0.3, -0.25) is 9.25 Å². The molecule has 0 unspecified atom stereocenters. The summed E-state index contributed by atoms with van der Waals surface area (Å²) >= 11 is 0. The summed E-state index contributed by atoms with van der Waals surface area (Å²) < 4.78 is 41.2. The Kier molecular flexibility index (Phi) is 2.76. The first-order chi connectivity index (χ1) is 8.30. The summed E-state index contributed by atoms with van der Waals surface area (Å²) in [5, 5.41) is 7.27. The van der Waals surface area contributed by atoms with Crippen LogP contribution < -0.4 is 5.69 Å². The van der Waals surface area contributed by atoms with Crippen LogP contribution in [0.3, 0.4) is 0 Å². The van der Waals surface area contributed by atoms with Crippen LogP contribution in [0, 0.1) is 0 Å². The van der Waals surface area contributed by atoms with Gasteiger partial charge < -0.3 is 0 Å². The van der Waals surface area contributed by atoms with E-state index in [0.29, 0.717) is 0 Å². The summed E-state index contributed by atoms with van der Waals surface area (Å²) in [7, 11) is 2.67. The Morgan fingerprint density at radius 3 is 2.44 bits per heavy atom. The van der Waals surface area contributed by atoms with Crippen LogP contribution >= 0.6 is 0 Å². The number of hydrogen-bond donors (Lipinski definition) is 0. The fourth-order valence-electron chi connectivity index (χ4n) is 1.65. The van der Waals surface area contributed by atoms with Crippen molar-refractivity contribution in [2.45, 2.75) is 12.7 Å². The first-order valence-electron chi connectivity index (χ1n) is 4.97. The van der Waals surface area contributed by atoms with E-state index in [4.69, 9.17) is 0 Å². The van der Waals surface area contributed by atoms with Gasteiger partial charge in [0.25, 0.3) is 0 Å². The van der Waals surface area contributed by atoms with E-state index in [9.17, 15) is 18.0 Å². The molecule has 2 rings (SSSR count). The maximum Gasteiger partial charge on any atom is 0.433 e. The number of halogens is 3. The number of nitrogens with zero attached hydrogens (tertiary/aromatic N) is 5. The van der Waals surface area contributed by atoms with Gasteiger partial charge in [-0.2, -0.15) is 23.4 Å². The number of aromatic nitrogens is 5. The zero-order valence-corrected chi connectivity index (χ0v) is 9.64. The Bertz CT molecular complexity index is 621. The molecule has 0 saturated carbocycles. The number of aryl methyl sites for hydroxylation is 2. The normalized spacial score (nSPS) is 12.1. The third kappa shape index (κ3) is 2.03. The average Bonchev–Trinajstić information content (AvgIpc) is 2.76. The van der Waals surface area contributed by atoms with Crippen molar-refractivity contribution in [1.29, 1.82) is 0 Å². The van der Waals surface area contributed by atoms with E-state index in [1.807, 2.05) is 0 Å². The maximum absolute atomic E-state index is 12.8. The molecule has 0 amide bonds. The molecule has 0 fully saturated rings. The highest BCUT2D eigenvalue weighted by Gasteiger charge is 2.37. The molecule has 0 aliphatic rings. The second kappa shape index (κ2) is 4.00. The van der Waals surface area contributed by atoms with E-state index in [0.717, 1.165) is 15.6 Å². The fraction of sp³-hybridized carbons (Fsp3) is 0.444. The van der Waals surface area contributed by atoms with Gasteiger partial charge in [0.2, 0.25) is 0 Å². The Morgan fingerprint density at radius 1 is 1.28 bits per heavy atom. The van der Waals surface area contributed by atoms with Gasteiger partial charge in [-0.05, 0) is 0 Å². The van der Waals surface area contributed by atoms with E-state index < -0.39 is 17.6 Å². The summed E-state index contributed by atoms with van der Waals surface area (Å²) in [6.07, 6.45) is -2.19. The van der Waals surface area contributed by atoms with E-state index in [1.165, 1.54) is 25.0 Å². The summed E-state index contributed by atoms with van der Waals surface area (Å²) in [6, 6.07) is 0. The van der Waals surface area contributed by atoms with Gasteiger partial charge in [-0.15, -0.1) is 0 Å². The standard InChI is InChI=1S/C9H10F3N5O/c1-15-5-14-17(8(15)18)4-6-3-13-16(2)7(6)9(10,11)12/h3,5H,4H2,1-2H3. The predicted octanol–water partition coefficient (Wildman–Crippen LogP) is 0.382. The van der Waals surface area contributed by atoms with Gasteiger partial charge in [-0.25, -0.2) is 9.48 Å². The third-order valence-corrected chi connectivity index (χ3v) is 2.49. The minimum Gasteiger partial charge on any atom is -0.285 e. The zero-order valence-electron chi connectivity index (χ0n) is 9.64. The van der Waals surface area contributed by atoms with Crippen molar-refractivity contribution in [3.8, 4) is 0 Å². The monoisotopic (exact) mass is 261 g/mol. The van der Waals surface area contributed by atoms with Crippen molar-refractivity contribution in [2.24, 2.45) is 14.1 Å². The molecule has 0 aliphatic heterocycles. The Hall–Kier alpha value is -2.06. The van der Waals surface area contributed by atoms with Gasteiger partial charge in [0.1, 0.15) is 12.0 Å². The van der Waals surface area contributed by atoms with Crippen LogP contribution in [0.2, 0.25) is 0 Å². The molecule has 0 N–H and O–H groups in total. The second-order valence-electron chi connectivity index (χ2n) is 3.82. The lowest BCUT2D eigenvalue weighted by molar-refractivity contribution is -0.144. The molecule has 6 nitrogen and oxygen atoms in total. The highest BCUT2D eigenvalue weighted by Crippen LogP contribution is 2.31. The molecular weight excluding hydrogens is 251 g/mol. The van der Waals surface area contributed by atoms with Crippen molar-refractivity contribution in [2.75, 3.05) is 0 Å². The van der Waals surface area contributed by atoms with Crippen molar-refractivity contribution >= 4 is 0 Å². The third-order valence-electron chi connectivity index (χ3n) is 2.49. The first kappa shape index (κ1) is 12.4. The number of alkyl halides is 3. The molecule has 0 atom stereocenters. The molecule has 2 aromatic heterocycles. The number of hydrogen-bond acceptors (Lipinski definition) is 3. The molecule has 0 saturated heterocycles. The van der Waals surface area contributed by atoms with Crippen LogP contribution in [0.1, 0.15) is 11.3 Å². The van der Waals surface area contributed by atoms with Gasteiger partial charge in [0.05, 0.1) is 12.7 Å². The molecule has 2 heterocycles. The fourth-order valence-corrected chi connectivity index (χ4v) is 1.65. The van der Waals surface area contributed by atoms with Crippen molar-refractivity contribution in [1.82, 2.24) is 24.1 Å². The summed E-state index contributed by atoms with van der Waals surface area (Å²) in [4.78, 5) is 11.5. The van der Waals surface area contributed by atoms with Gasteiger partial charge in [-0.1, -0.05) is 0 Å². The Balaban J connectivity index is 2.42. The Morgan fingerprint density at radius 2 is 1.94 bits per heavy atom. The van der Waals surface area contributed by atoms with Crippen LogP contribution in [-0.4, -0.2) is 24.1 Å². The summed E-state index contributed by atoms with van der Waals surface area (Å²) in [5.41, 5.74) is -1.45. The topological polar surface area (TPSA) is 57.6 Å². The Labute approximate surface area is 99.3 Å². The molecule has 18 heavy (non-hydrogen) atoms. The van der Waals surface area contributed by atoms with Crippen molar-refractivity contribution in [3.05, 3.63) is 34.3 Å². The largest absolute Gasteiger partial charge is 0.433 e. The molecule has 2 aromatic rings. The van der Waals surface area contributed by atoms with Crippen LogP contribution in [0.4, 0.5) is 13.2 Å². The molecule has 0 spiro atoms. The molecule has 0 radical (unpaired) electrons. The van der Waals surface area contributed by atoms with E-state index in [-0.39, 0.29) is 12.1 Å². The summed E-state index contributed by atoms with van der Waals surface area (Å²) in [5.74, 6) is 0. The first-order valence-corrected chi connectivity index (χ1v) is 4.97. The van der Waals surface area contributed by atoms with Crippen LogP contribution in [0.15, 0.2) is 17.3 Å². The van der Waals surface area contributed by atoms with Gasteiger partial charge in [0.15, 0.2) is 0 Å². The van der Waals surface area contributed by atoms with E-state index in [1.54, 1.807) is 0 Å². The lowest BCUT2D eigenvalue weighted by atomic mass is 10.2. The molecule has 0 aromatic carbocycles. The summed E-state index contributed by atoms with van der Waals surface area (Å²) in [6.45, 7) is -0.262. The quantitative estimate of drug-likeness (QED) is 0.785. The van der Waals surface area contributed by atoms with Crippen molar-refractivity contribution in [3.63, 3.8) is 0 Å². The zero-order chi connectivity index (χ0) is 13.5. The molecule has 0 bridgehead atoms. The highest BCUT2D eigenvalue weighted by molar-refractivity contribution is 5.20. The smallest absolute Gasteiger partial charge is 0.285 e. The lowest BCUT2D eigenvalue weighted by Crippen LogP contribution is -2.24.